The Labute approximate surface area is 185 Å². The van der Waals surface area contributed by atoms with Crippen LogP contribution in [0, 0.1) is 5.82 Å². The van der Waals surface area contributed by atoms with Crippen molar-refractivity contribution >= 4 is 50.3 Å². The molecule has 3 aliphatic rings. The molecule has 3 saturated heterocycles. The number of carboxylic acid groups (broad SMARTS) is 1. The number of amides is 1. The third-order valence-corrected chi connectivity index (χ3v) is 7.21. The van der Waals surface area contributed by atoms with E-state index in [1.807, 2.05) is 4.90 Å². The summed E-state index contributed by atoms with van der Waals surface area (Å²) < 4.78 is 26.8. The summed E-state index contributed by atoms with van der Waals surface area (Å²) in [4.78, 5) is 23.9. The highest BCUT2D eigenvalue weighted by molar-refractivity contribution is 9.10. The van der Waals surface area contributed by atoms with Gasteiger partial charge in [0.2, 0.25) is 0 Å². The van der Waals surface area contributed by atoms with Crippen molar-refractivity contribution in [1.82, 2.24) is 14.9 Å². The molecule has 0 saturated carbocycles. The number of ether oxygens (including phenoxy) is 2. The molecular formula is C19H19BrClFN4O4. The highest BCUT2D eigenvalue weighted by Crippen LogP contribution is 2.40. The molecule has 0 radical (unpaired) electrons. The first-order chi connectivity index (χ1) is 14.4. The van der Waals surface area contributed by atoms with Crippen LogP contribution in [0.4, 0.5) is 15.0 Å². The average Bonchev–Trinajstić information content (AvgIpc) is 3.34. The summed E-state index contributed by atoms with van der Waals surface area (Å²) in [5, 5.41) is 9.83. The molecule has 8 nitrogen and oxygen atoms in total. The summed E-state index contributed by atoms with van der Waals surface area (Å²) in [6, 6.07) is 1.66. The molecule has 2 atom stereocenters. The topological polar surface area (TPSA) is 88.0 Å². The predicted molar refractivity (Wildman–Crippen MR) is 111 cm³/mol. The van der Waals surface area contributed by atoms with Gasteiger partial charge in [0, 0.05) is 35.8 Å². The first kappa shape index (κ1) is 20.0. The number of aromatic nitrogens is 2. The van der Waals surface area contributed by atoms with Gasteiger partial charge in [-0.05, 0) is 28.4 Å². The maximum atomic E-state index is 15.0. The van der Waals surface area contributed by atoms with E-state index in [9.17, 15) is 9.90 Å². The second-order valence-electron chi connectivity index (χ2n) is 7.77. The molecule has 0 spiro atoms. The lowest BCUT2D eigenvalue weighted by molar-refractivity contribution is 0.0219. The van der Waals surface area contributed by atoms with Crippen LogP contribution < -0.4 is 9.64 Å². The van der Waals surface area contributed by atoms with Crippen molar-refractivity contribution in [2.75, 3.05) is 31.2 Å². The Balaban J connectivity index is 1.56. The molecule has 30 heavy (non-hydrogen) atoms. The van der Waals surface area contributed by atoms with Gasteiger partial charge in [0.05, 0.1) is 30.3 Å². The number of halogens is 3. The van der Waals surface area contributed by atoms with E-state index in [0.29, 0.717) is 61.2 Å². The average molecular weight is 502 g/mol. The Bertz CT molecular complexity index is 1020. The third kappa shape index (κ3) is 3.34. The van der Waals surface area contributed by atoms with E-state index in [4.69, 9.17) is 21.1 Å². The molecular weight excluding hydrogens is 483 g/mol. The third-order valence-electron chi connectivity index (χ3n) is 5.99. The Kier molecular flexibility index (Phi) is 5.11. The Morgan fingerprint density at radius 2 is 2.07 bits per heavy atom. The van der Waals surface area contributed by atoms with Gasteiger partial charge in [-0.15, -0.1) is 0 Å². The van der Waals surface area contributed by atoms with Crippen LogP contribution in [0.3, 0.4) is 0 Å². The molecule has 1 aromatic heterocycles. The number of likely N-dealkylation sites (tertiary alicyclic amines) is 1. The summed E-state index contributed by atoms with van der Waals surface area (Å²) in [6.07, 6.45) is 1.12. The van der Waals surface area contributed by atoms with Crippen molar-refractivity contribution in [1.29, 1.82) is 0 Å². The van der Waals surface area contributed by atoms with Gasteiger partial charge in [0.25, 0.3) is 0 Å². The number of hydrogen-bond acceptors (Lipinski definition) is 6. The summed E-state index contributed by atoms with van der Waals surface area (Å²) in [6.45, 7) is 2.07. The summed E-state index contributed by atoms with van der Waals surface area (Å²) in [5.74, 6) is -0.103. The van der Waals surface area contributed by atoms with Crippen molar-refractivity contribution in [2.45, 2.75) is 37.5 Å². The van der Waals surface area contributed by atoms with Gasteiger partial charge in [0.1, 0.15) is 17.4 Å². The lowest BCUT2D eigenvalue weighted by Gasteiger charge is -2.34. The summed E-state index contributed by atoms with van der Waals surface area (Å²) in [7, 11) is 0. The fourth-order valence-electron chi connectivity index (χ4n) is 4.51. The molecule has 5 rings (SSSR count). The number of fused-ring (bicyclic) bond motifs is 3. The number of rotatable bonds is 3. The molecule has 0 aliphatic carbocycles. The van der Waals surface area contributed by atoms with Gasteiger partial charge in [-0.1, -0.05) is 11.6 Å². The van der Waals surface area contributed by atoms with Crippen molar-refractivity contribution in [2.24, 2.45) is 0 Å². The molecule has 3 aliphatic heterocycles. The minimum Gasteiger partial charge on any atom is -0.465 e. The first-order valence-corrected chi connectivity index (χ1v) is 11.0. The van der Waals surface area contributed by atoms with Gasteiger partial charge in [-0.25, -0.2) is 9.18 Å². The first-order valence-electron chi connectivity index (χ1n) is 9.78. The van der Waals surface area contributed by atoms with Crippen molar-refractivity contribution in [3.8, 4) is 6.01 Å². The molecule has 3 fully saturated rings. The smallest absolute Gasteiger partial charge is 0.407 e. The highest BCUT2D eigenvalue weighted by atomic mass is 79.9. The molecule has 11 heteroatoms. The SMILES string of the molecule is O=C(O)N1C[C@@H]2C[C@H]1CN2c1nc(OC2CCOCC2)nc2c(F)c(Cl)c(Br)cc12. The van der Waals surface area contributed by atoms with E-state index in [-0.39, 0.29) is 34.7 Å². The second-order valence-corrected chi connectivity index (χ2v) is 9.00. The quantitative estimate of drug-likeness (QED) is 0.642. The summed E-state index contributed by atoms with van der Waals surface area (Å²) in [5.41, 5.74) is 0.0909. The number of anilines is 1. The fourth-order valence-corrected chi connectivity index (χ4v) is 5.06. The maximum absolute atomic E-state index is 15.0. The molecule has 160 valence electrons. The standard InChI is InChI=1S/C19H19BrClFN4O4/c20-13-6-12-16(15(22)14(13)21)23-18(30-11-1-3-29-4-2-11)24-17(12)25-7-10-5-9(25)8-26(10)19(27)28/h6,9-11H,1-5,7-8H2,(H,27,28)/t9-,10-/m0/s1. The number of piperazine rings is 1. The van der Waals surface area contributed by atoms with Crippen LogP contribution in [-0.2, 0) is 4.74 Å². The van der Waals surface area contributed by atoms with Crippen LogP contribution in [-0.4, -0.2) is 70.6 Å². The summed E-state index contributed by atoms with van der Waals surface area (Å²) >= 11 is 9.41. The van der Waals surface area contributed by atoms with Crippen LogP contribution in [0.25, 0.3) is 10.9 Å². The minimum absolute atomic E-state index is 0.0300. The molecule has 1 aromatic carbocycles. The zero-order valence-electron chi connectivity index (χ0n) is 15.9. The minimum atomic E-state index is -0.918. The number of carbonyl (C=O) groups is 1. The highest BCUT2D eigenvalue weighted by Gasteiger charge is 2.46. The Morgan fingerprint density at radius 1 is 1.30 bits per heavy atom. The van der Waals surface area contributed by atoms with Crippen molar-refractivity contribution in [3.63, 3.8) is 0 Å². The van der Waals surface area contributed by atoms with Crippen molar-refractivity contribution < 1.29 is 23.8 Å². The number of benzene rings is 1. The maximum Gasteiger partial charge on any atom is 0.407 e. The zero-order chi connectivity index (χ0) is 21.0. The van der Waals surface area contributed by atoms with E-state index in [1.54, 1.807) is 6.07 Å². The van der Waals surface area contributed by atoms with Gasteiger partial charge in [-0.2, -0.15) is 9.97 Å². The van der Waals surface area contributed by atoms with Gasteiger partial charge >= 0.3 is 12.1 Å². The van der Waals surface area contributed by atoms with Gasteiger partial charge in [0.15, 0.2) is 5.82 Å². The molecule has 2 aromatic rings. The fraction of sp³-hybridized carbons (Fsp3) is 0.526. The van der Waals surface area contributed by atoms with Crippen LogP contribution in [0.1, 0.15) is 19.3 Å². The van der Waals surface area contributed by atoms with E-state index >= 15 is 4.39 Å². The number of hydrogen-bond donors (Lipinski definition) is 1. The van der Waals surface area contributed by atoms with E-state index in [1.165, 1.54) is 4.90 Å². The lowest BCUT2D eigenvalue weighted by atomic mass is 10.1. The lowest BCUT2D eigenvalue weighted by Crippen LogP contribution is -2.48. The van der Waals surface area contributed by atoms with Crippen molar-refractivity contribution in [3.05, 3.63) is 21.4 Å². The normalized spacial score (nSPS) is 24.1. The predicted octanol–water partition coefficient (Wildman–Crippen LogP) is 3.68. The zero-order valence-corrected chi connectivity index (χ0v) is 18.2. The van der Waals surface area contributed by atoms with Crippen LogP contribution in [0.2, 0.25) is 5.02 Å². The molecule has 1 N–H and O–H groups in total. The van der Waals surface area contributed by atoms with Gasteiger partial charge in [-0.3, -0.25) is 0 Å². The molecule has 0 unspecified atom stereocenters. The molecule has 4 heterocycles. The van der Waals surface area contributed by atoms with Crippen LogP contribution in [0.5, 0.6) is 6.01 Å². The van der Waals surface area contributed by atoms with Crippen LogP contribution in [0.15, 0.2) is 10.5 Å². The van der Waals surface area contributed by atoms with Crippen LogP contribution >= 0.6 is 27.5 Å². The Morgan fingerprint density at radius 3 is 2.73 bits per heavy atom. The van der Waals surface area contributed by atoms with E-state index in [2.05, 4.69) is 25.9 Å². The number of nitrogens with zero attached hydrogens (tertiary/aromatic N) is 4. The molecule has 1 amide bonds. The monoisotopic (exact) mass is 500 g/mol. The Hall–Kier alpha value is -1.91. The largest absolute Gasteiger partial charge is 0.465 e. The second kappa shape index (κ2) is 7.65. The van der Waals surface area contributed by atoms with Gasteiger partial charge < -0.3 is 24.4 Å². The molecule has 2 bridgehead atoms. The van der Waals surface area contributed by atoms with E-state index < -0.39 is 11.9 Å². The van der Waals surface area contributed by atoms with E-state index in [0.717, 1.165) is 0 Å².